The van der Waals surface area contributed by atoms with Gasteiger partial charge in [0.2, 0.25) is 5.89 Å². The van der Waals surface area contributed by atoms with Crippen molar-refractivity contribution in [3.63, 3.8) is 0 Å². The molecule has 1 aromatic carbocycles. The van der Waals surface area contributed by atoms with Crippen LogP contribution < -0.4 is 0 Å². The third-order valence-corrected chi connectivity index (χ3v) is 2.94. The first-order valence-corrected chi connectivity index (χ1v) is 5.78. The maximum absolute atomic E-state index is 5.87. The summed E-state index contributed by atoms with van der Waals surface area (Å²) in [4.78, 5) is 5.21. The van der Waals surface area contributed by atoms with E-state index in [1.165, 1.54) is 0 Å². The van der Waals surface area contributed by atoms with Gasteiger partial charge in [-0.25, -0.2) is 0 Å². The lowest BCUT2D eigenvalue weighted by Gasteiger charge is -1.98. The zero-order valence-electron chi connectivity index (χ0n) is 8.11. The van der Waals surface area contributed by atoms with Gasteiger partial charge in [-0.1, -0.05) is 22.8 Å². The van der Waals surface area contributed by atoms with E-state index in [-0.39, 0.29) is 0 Å². The molecule has 0 atom stereocenters. The molecule has 0 unspecified atom stereocenters. The van der Waals surface area contributed by atoms with Gasteiger partial charge in [0.25, 0.3) is 0 Å². The van der Waals surface area contributed by atoms with E-state index in [1.807, 2.05) is 24.3 Å². The van der Waals surface area contributed by atoms with Gasteiger partial charge in [-0.05, 0) is 25.1 Å². The fraction of sp³-hybridized carbons (Fsp3) is 0.200. The molecule has 0 fully saturated rings. The lowest BCUT2D eigenvalue weighted by molar-refractivity contribution is 0.387. The topological polar surface area (TPSA) is 38.9 Å². The quantitative estimate of drug-likeness (QED) is 0.772. The molecular weight excluding hydrogens is 232 g/mol. The predicted molar refractivity (Wildman–Crippen MR) is 60.0 cm³/mol. The van der Waals surface area contributed by atoms with Crippen molar-refractivity contribution in [3.8, 4) is 0 Å². The number of aromatic nitrogens is 2. The van der Waals surface area contributed by atoms with Crippen molar-refractivity contribution < 1.29 is 4.52 Å². The van der Waals surface area contributed by atoms with Crippen LogP contribution >= 0.6 is 23.4 Å². The Morgan fingerprint density at radius 2 is 2.33 bits per heavy atom. The van der Waals surface area contributed by atoms with Gasteiger partial charge < -0.3 is 4.52 Å². The number of hydrogen-bond acceptors (Lipinski definition) is 4. The zero-order chi connectivity index (χ0) is 10.7. The number of thioether (sulfide) groups is 1. The fourth-order valence-electron chi connectivity index (χ4n) is 1.10. The van der Waals surface area contributed by atoms with Crippen LogP contribution in [0.2, 0.25) is 5.02 Å². The van der Waals surface area contributed by atoms with Crippen molar-refractivity contribution in [1.82, 2.24) is 10.1 Å². The first-order valence-electron chi connectivity index (χ1n) is 4.41. The second-order valence-corrected chi connectivity index (χ2v) is 4.47. The predicted octanol–water partition coefficient (Wildman–Crippen LogP) is 3.32. The normalized spacial score (nSPS) is 10.5. The van der Waals surface area contributed by atoms with Crippen LogP contribution in [0.4, 0.5) is 0 Å². The summed E-state index contributed by atoms with van der Waals surface area (Å²) in [6.45, 7) is 1.80. The fourth-order valence-corrected chi connectivity index (χ4v) is 2.15. The van der Waals surface area contributed by atoms with Crippen LogP contribution in [0.25, 0.3) is 0 Å². The van der Waals surface area contributed by atoms with Gasteiger partial charge in [0, 0.05) is 9.92 Å². The summed E-state index contributed by atoms with van der Waals surface area (Å²) in [5.41, 5.74) is 0. The Labute approximate surface area is 96.8 Å². The van der Waals surface area contributed by atoms with Crippen molar-refractivity contribution in [2.75, 3.05) is 0 Å². The number of nitrogens with zero attached hydrogens (tertiary/aromatic N) is 2. The van der Waals surface area contributed by atoms with E-state index in [4.69, 9.17) is 16.1 Å². The van der Waals surface area contributed by atoms with Crippen LogP contribution in [-0.2, 0) is 5.75 Å². The summed E-state index contributed by atoms with van der Waals surface area (Å²) in [7, 11) is 0. The van der Waals surface area contributed by atoms with E-state index < -0.39 is 0 Å². The Bertz CT molecular complexity index is 458. The van der Waals surface area contributed by atoms with Crippen LogP contribution in [-0.4, -0.2) is 10.1 Å². The third kappa shape index (κ3) is 2.97. The molecule has 0 saturated carbocycles. The van der Waals surface area contributed by atoms with Crippen LogP contribution in [0.1, 0.15) is 11.7 Å². The Morgan fingerprint density at radius 3 is 3.00 bits per heavy atom. The molecule has 0 amide bonds. The highest BCUT2D eigenvalue weighted by molar-refractivity contribution is 7.98. The SMILES string of the molecule is Cc1noc(CSc2cccc(Cl)c2)n1. The summed E-state index contributed by atoms with van der Waals surface area (Å²) in [5.74, 6) is 1.97. The molecule has 78 valence electrons. The van der Waals surface area contributed by atoms with E-state index in [0.717, 1.165) is 9.92 Å². The minimum atomic E-state index is 0.637. The van der Waals surface area contributed by atoms with Gasteiger partial charge in [0.05, 0.1) is 5.75 Å². The Balaban J connectivity index is 1.99. The average molecular weight is 241 g/mol. The maximum Gasteiger partial charge on any atom is 0.236 e. The molecule has 0 saturated heterocycles. The van der Waals surface area contributed by atoms with Crippen molar-refractivity contribution >= 4 is 23.4 Å². The molecule has 1 heterocycles. The number of hydrogen-bond donors (Lipinski definition) is 0. The molecular formula is C10H9ClN2OS. The molecule has 0 aliphatic carbocycles. The molecule has 1 aromatic heterocycles. The highest BCUT2D eigenvalue weighted by Crippen LogP contribution is 2.24. The minimum absolute atomic E-state index is 0.637. The van der Waals surface area contributed by atoms with Crippen molar-refractivity contribution in [2.45, 2.75) is 17.6 Å². The summed E-state index contributed by atoms with van der Waals surface area (Å²) >= 11 is 7.49. The number of benzene rings is 1. The molecule has 0 bridgehead atoms. The van der Waals surface area contributed by atoms with Crippen molar-refractivity contribution in [3.05, 3.63) is 41.0 Å². The Kier molecular flexibility index (Phi) is 3.28. The van der Waals surface area contributed by atoms with Gasteiger partial charge in [-0.3, -0.25) is 0 Å². The molecule has 5 heteroatoms. The lowest BCUT2D eigenvalue weighted by Crippen LogP contribution is -1.80. The van der Waals surface area contributed by atoms with E-state index in [9.17, 15) is 0 Å². The van der Waals surface area contributed by atoms with Gasteiger partial charge in [0.1, 0.15) is 0 Å². The van der Waals surface area contributed by atoms with E-state index in [2.05, 4.69) is 10.1 Å². The molecule has 2 aromatic rings. The van der Waals surface area contributed by atoms with E-state index in [1.54, 1.807) is 18.7 Å². The van der Waals surface area contributed by atoms with Gasteiger partial charge >= 0.3 is 0 Å². The maximum atomic E-state index is 5.87. The second kappa shape index (κ2) is 4.68. The average Bonchev–Trinajstić information content (AvgIpc) is 2.62. The summed E-state index contributed by atoms with van der Waals surface area (Å²) in [5, 5.41) is 4.46. The monoisotopic (exact) mass is 240 g/mol. The standard InChI is InChI=1S/C10H9ClN2OS/c1-7-12-10(14-13-7)6-15-9-4-2-3-8(11)5-9/h2-5H,6H2,1H3. The second-order valence-electron chi connectivity index (χ2n) is 2.98. The first-order chi connectivity index (χ1) is 7.24. The highest BCUT2D eigenvalue weighted by Gasteiger charge is 2.03. The highest BCUT2D eigenvalue weighted by atomic mass is 35.5. The van der Waals surface area contributed by atoms with Gasteiger partial charge in [-0.2, -0.15) is 4.98 Å². The molecule has 0 radical (unpaired) electrons. The van der Waals surface area contributed by atoms with Crippen LogP contribution in [0.3, 0.4) is 0 Å². The van der Waals surface area contributed by atoms with E-state index >= 15 is 0 Å². The molecule has 15 heavy (non-hydrogen) atoms. The molecule has 0 aliphatic rings. The lowest BCUT2D eigenvalue weighted by atomic mass is 10.4. The molecule has 2 rings (SSSR count). The van der Waals surface area contributed by atoms with Gasteiger partial charge in [0.15, 0.2) is 5.82 Å². The largest absolute Gasteiger partial charge is 0.338 e. The van der Waals surface area contributed by atoms with Gasteiger partial charge in [-0.15, -0.1) is 11.8 Å². The van der Waals surface area contributed by atoms with E-state index in [0.29, 0.717) is 17.5 Å². The summed E-state index contributed by atoms with van der Waals surface area (Å²) in [6.07, 6.45) is 0. The Morgan fingerprint density at radius 1 is 1.47 bits per heavy atom. The molecule has 0 aliphatic heterocycles. The summed E-state index contributed by atoms with van der Waals surface area (Å²) in [6, 6.07) is 7.68. The summed E-state index contributed by atoms with van der Waals surface area (Å²) < 4.78 is 5.00. The number of halogens is 1. The van der Waals surface area contributed by atoms with Crippen LogP contribution in [0.5, 0.6) is 0 Å². The zero-order valence-corrected chi connectivity index (χ0v) is 9.68. The molecule has 0 N–H and O–H groups in total. The molecule has 0 spiro atoms. The van der Waals surface area contributed by atoms with Crippen molar-refractivity contribution in [1.29, 1.82) is 0 Å². The van der Waals surface area contributed by atoms with Crippen LogP contribution in [0.15, 0.2) is 33.7 Å². The number of aryl methyl sites for hydroxylation is 1. The Hall–Kier alpha value is -1.00. The smallest absolute Gasteiger partial charge is 0.236 e. The van der Waals surface area contributed by atoms with Crippen molar-refractivity contribution in [2.24, 2.45) is 0 Å². The van der Waals surface area contributed by atoms with Crippen LogP contribution in [0, 0.1) is 6.92 Å². The minimum Gasteiger partial charge on any atom is -0.338 e. The first kappa shape index (κ1) is 10.5. The molecule has 3 nitrogen and oxygen atoms in total. The number of rotatable bonds is 3. The third-order valence-electron chi connectivity index (χ3n) is 1.73.